The Morgan fingerprint density at radius 1 is 0.536 bits per heavy atom. The second kappa shape index (κ2) is 9.48. The van der Waals surface area contributed by atoms with Gasteiger partial charge in [0, 0.05) is 0 Å². The fraction of sp³-hybridized carbons (Fsp3) is 0.769. The first-order chi connectivity index (χ1) is 13.2. The second-order valence-electron chi connectivity index (χ2n) is 10.7. The van der Waals surface area contributed by atoms with E-state index in [1.54, 1.807) is 0 Å². The van der Waals surface area contributed by atoms with Crippen LogP contribution < -0.4 is 10.6 Å². The maximum atomic E-state index is 2.58. The van der Waals surface area contributed by atoms with Crippen molar-refractivity contribution in [3.05, 3.63) is 24.3 Å². The summed E-state index contributed by atoms with van der Waals surface area (Å²) in [5.41, 5.74) is 3.71. The molecule has 2 saturated heterocycles. The van der Waals surface area contributed by atoms with Gasteiger partial charge in [0.15, 0.2) is 0 Å². The molecule has 0 bridgehead atoms. The first-order valence-electron chi connectivity index (χ1n) is 11.9. The molecule has 1 unspecified atom stereocenters. The monoisotopic (exact) mass is 418 g/mol. The van der Waals surface area contributed by atoms with Crippen molar-refractivity contribution in [2.75, 3.05) is 0 Å². The molecule has 0 radical (unpaired) electrons. The highest BCUT2D eigenvalue weighted by Crippen LogP contribution is 2.63. The summed E-state index contributed by atoms with van der Waals surface area (Å²) in [5.74, 6) is 3.28. The normalized spacial score (nSPS) is 31.8. The molecule has 3 rings (SSSR count). The molecule has 2 heteroatoms. The van der Waals surface area contributed by atoms with Gasteiger partial charge in [-0.15, -0.1) is 0 Å². The Morgan fingerprint density at radius 2 is 0.786 bits per heavy atom. The van der Waals surface area contributed by atoms with E-state index in [4.69, 9.17) is 0 Å². The van der Waals surface area contributed by atoms with Gasteiger partial charge in [-0.25, -0.2) is 0 Å². The predicted octanol–water partition coefficient (Wildman–Crippen LogP) is 7.59. The van der Waals surface area contributed by atoms with E-state index in [1.807, 2.05) is 10.6 Å². The predicted molar refractivity (Wildman–Crippen MR) is 133 cm³/mol. The van der Waals surface area contributed by atoms with Crippen LogP contribution in [0, 0.1) is 23.7 Å². The van der Waals surface area contributed by atoms with Crippen molar-refractivity contribution < 1.29 is 0 Å². The molecule has 0 spiro atoms. The summed E-state index contributed by atoms with van der Waals surface area (Å²) >= 11 is 0. The SMILES string of the molecule is CC(C)[C@H]1CC[C@H](C(C)C)P1c1ccccc1P1[C@@H](C(C)C)CC[C@H]1C(C)C. The van der Waals surface area contributed by atoms with Crippen LogP contribution in [0.5, 0.6) is 0 Å². The Morgan fingerprint density at radius 3 is 1.00 bits per heavy atom. The standard InChI is InChI=1S/C26H44P2/c1-17(2)21-13-14-22(18(3)4)27(21)25-11-9-10-12-26(25)28-23(19(5)6)15-16-24(28)20(7)8/h9-12,17-24H,13-16H2,1-8H3/t21-,22-,23-,24+,28?/m1/s1. The van der Waals surface area contributed by atoms with Gasteiger partial charge in [0.1, 0.15) is 0 Å². The van der Waals surface area contributed by atoms with Crippen LogP contribution >= 0.6 is 15.8 Å². The maximum absolute atomic E-state index is 2.58. The largest absolute Gasteiger partial charge is 0.0677 e. The summed E-state index contributed by atoms with van der Waals surface area (Å²) in [7, 11) is -0.0867. The number of hydrogen-bond donors (Lipinski definition) is 0. The van der Waals surface area contributed by atoms with Gasteiger partial charge in [-0.2, -0.15) is 0 Å². The molecular formula is C26H44P2. The van der Waals surface area contributed by atoms with Gasteiger partial charge in [0.25, 0.3) is 0 Å². The van der Waals surface area contributed by atoms with E-state index < -0.39 is 0 Å². The quantitative estimate of drug-likeness (QED) is 0.418. The highest BCUT2D eigenvalue weighted by molar-refractivity contribution is 7.73. The molecule has 2 aliphatic rings. The highest BCUT2D eigenvalue weighted by atomic mass is 31.1. The first-order valence-corrected chi connectivity index (χ1v) is 14.9. The third-order valence-electron chi connectivity index (χ3n) is 7.46. The zero-order valence-electron chi connectivity index (χ0n) is 19.7. The van der Waals surface area contributed by atoms with Gasteiger partial charge in [-0.05, 0) is 82.6 Å². The summed E-state index contributed by atoms with van der Waals surface area (Å²) in [6.45, 7) is 19.9. The average molecular weight is 419 g/mol. The lowest BCUT2D eigenvalue weighted by atomic mass is 10.0. The fourth-order valence-corrected chi connectivity index (χ4v) is 14.5. The lowest BCUT2D eigenvalue weighted by Crippen LogP contribution is -2.34. The number of benzene rings is 1. The van der Waals surface area contributed by atoms with Crippen LogP contribution in [0.3, 0.4) is 0 Å². The van der Waals surface area contributed by atoms with Gasteiger partial charge >= 0.3 is 0 Å². The van der Waals surface area contributed by atoms with Crippen molar-refractivity contribution in [1.29, 1.82) is 0 Å². The molecule has 0 saturated carbocycles. The van der Waals surface area contributed by atoms with Crippen molar-refractivity contribution in [3.63, 3.8) is 0 Å². The van der Waals surface area contributed by atoms with Crippen molar-refractivity contribution in [1.82, 2.24) is 0 Å². The van der Waals surface area contributed by atoms with Gasteiger partial charge in [-0.1, -0.05) is 95.5 Å². The maximum Gasteiger partial charge on any atom is -0.0143 e. The van der Waals surface area contributed by atoms with Crippen LogP contribution in [0.25, 0.3) is 0 Å². The topological polar surface area (TPSA) is 0 Å². The van der Waals surface area contributed by atoms with Crippen LogP contribution in [-0.2, 0) is 0 Å². The molecule has 2 aliphatic heterocycles. The summed E-state index contributed by atoms with van der Waals surface area (Å²) in [4.78, 5) is 0. The zero-order chi connectivity index (χ0) is 20.6. The van der Waals surface area contributed by atoms with Gasteiger partial charge in [0.05, 0.1) is 0 Å². The smallest absolute Gasteiger partial charge is 0.0143 e. The Kier molecular flexibility index (Phi) is 7.70. The number of hydrogen-bond acceptors (Lipinski definition) is 0. The van der Waals surface area contributed by atoms with E-state index in [-0.39, 0.29) is 15.8 Å². The van der Waals surface area contributed by atoms with Crippen molar-refractivity contribution >= 4 is 26.5 Å². The minimum absolute atomic E-state index is 0.0433. The summed E-state index contributed by atoms with van der Waals surface area (Å²) in [6.07, 6.45) is 5.83. The fourth-order valence-electron chi connectivity index (χ4n) is 5.96. The molecular weight excluding hydrogens is 374 g/mol. The van der Waals surface area contributed by atoms with E-state index >= 15 is 0 Å². The minimum Gasteiger partial charge on any atom is -0.0677 e. The molecule has 2 heterocycles. The van der Waals surface area contributed by atoms with Crippen LogP contribution in [0.2, 0.25) is 0 Å². The van der Waals surface area contributed by atoms with Gasteiger partial charge < -0.3 is 0 Å². The van der Waals surface area contributed by atoms with Crippen LogP contribution in [0.4, 0.5) is 0 Å². The molecule has 0 amide bonds. The van der Waals surface area contributed by atoms with E-state index in [2.05, 4.69) is 79.7 Å². The lowest BCUT2D eigenvalue weighted by molar-refractivity contribution is 0.543. The molecule has 158 valence electrons. The molecule has 0 nitrogen and oxygen atoms in total. The molecule has 0 aromatic heterocycles. The third-order valence-corrected chi connectivity index (χ3v) is 15.8. The van der Waals surface area contributed by atoms with E-state index in [0.29, 0.717) is 0 Å². The van der Waals surface area contributed by atoms with E-state index in [1.165, 1.54) is 25.7 Å². The van der Waals surface area contributed by atoms with Gasteiger partial charge in [0.2, 0.25) is 0 Å². The molecule has 0 N–H and O–H groups in total. The van der Waals surface area contributed by atoms with Crippen molar-refractivity contribution in [2.24, 2.45) is 23.7 Å². The second-order valence-corrected chi connectivity index (χ2v) is 15.9. The van der Waals surface area contributed by atoms with Crippen LogP contribution in [-0.4, -0.2) is 22.6 Å². The molecule has 5 atom stereocenters. The summed E-state index contributed by atoms with van der Waals surface area (Å²) in [5, 5.41) is 3.66. The van der Waals surface area contributed by atoms with Crippen molar-refractivity contribution in [2.45, 2.75) is 104 Å². The molecule has 28 heavy (non-hydrogen) atoms. The lowest BCUT2D eigenvalue weighted by Gasteiger charge is -2.37. The minimum atomic E-state index is -0.0433. The third kappa shape index (κ3) is 4.40. The Balaban J connectivity index is 2.08. The molecule has 1 aromatic rings. The van der Waals surface area contributed by atoms with Crippen LogP contribution in [0.1, 0.15) is 81.1 Å². The Labute approximate surface area is 178 Å². The molecule has 1 aromatic carbocycles. The summed E-state index contributed by atoms with van der Waals surface area (Å²) in [6, 6.07) is 9.86. The number of rotatable bonds is 6. The highest BCUT2D eigenvalue weighted by Gasteiger charge is 2.44. The van der Waals surface area contributed by atoms with Crippen molar-refractivity contribution in [3.8, 4) is 0 Å². The zero-order valence-corrected chi connectivity index (χ0v) is 21.4. The average Bonchev–Trinajstić information content (AvgIpc) is 3.26. The molecule has 2 fully saturated rings. The van der Waals surface area contributed by atoms with Crippen LogP contribution in [0.15, 0.2) is 24.3 Å². The Hall–Kier alpha value is 0.0800. The van der Waals surface area contributed by atoms with E-state index in [9.17, 15) is 0 Å². The van der Waals surface area contributed by atoms with Gasteiger partial charge in [-0.3, -0.25) is 0 Å². The Bertz CT molecular complexity index is 546. The summed E-state index contributed by atoms with van der Waals surface area (Å²) < 4.78 is 0. The molecule has 0 aliphatic carbocycles. The first kappa shape index (κ1) is 22.8. The van der Waals surface area contributed by atoms with E-state index in [0.717, 1.165) is 46.3 Å².